The molecule has 5 nitrogen and oxygen atoms in total. The van der Waals surface area contributed by atoms with E-state index in [0.29, 0.717) is 5.69 Å². The quantitative estimate of drug-likeness (QED) is 0.503. The molecule has 1 amide bonds. The lowest BCUT2D eigenvalue weighted by atomic mass is 10.3. The van der Waals surface area contributed by atoms with Crippen LogP contribution in [0.25, 0.3) is 0 Å². The van der Waals surface area contributed by atoms with Crippen LogP contribution < -0.4 is 5.32 Å². The average Bonchev–Trinajstić information content (AvgIpc) is 2.34. The molecule has 0 aliphatic rings. The van der Waals surface area contributed by atoms with E-state index in [4.69, 9.17) is 0 Å². The number of hydrogen-bond acceptors (Lipinski definition) is 4. The van der Waals surface area contributed by atoms with Crippen LogP contribution in [0.2, 0.25) is 0 Å². The molecule has 1 atom stereocenters. The first kappa shape index (κ1) is 13.9. The lowest BCUT2D eigenvalue weighted by Crippen LogP contribution is -2.34. The molecule has 1 N–H and O–H groups in total. The van der Waals surface area contributed by atoms with Gasteiger partial charge < -0.3 is 10.1 Å². The number of esters is 1. The first-order valence-corrected chi connectivity index (χ1v) is 6.23. The van der Waals surface area contributed by atoms with Gasteiger partial charge in [0, 0.05) is 12.2 Å². The van der Waals surface area contributed by atoms with Gasteiger partial charge in [-0.25, -0.2) is 4.98 Å². The molecule has 0 saturated carbocycles. The molecule has 6 heteroatoms. The molecule has 17 heavy (non-hydrogen) atoms. The average molecular weight is 348 g/mol. The zero-order chi connectivity index (χ0) is 12.8. The van der Waals surface area contributed by atoms with Crippen molar-refractivity contribution in [1.82, 2.24) is 10.3 Å². The number of aromatic nitrogens is 1. The van der Waals surface area contributed by atoms with Crippen molar-refractivity contribution in [3.05, 3.63) is 29.6 Å². The summed E-state index contributed by atoms with van der Waals surface area (Å²) in [6.45, 7) is 2.04. The second-order valence-corrected chi connectivity index (χ2v) is 4.87. The number of nitrogens with zero attached hydrogens (tertiary/aromatic N) is 1. The molecule has 0 fully saturated rings. The highest BCUT2D eigenvalue weighted by Gasteiger charge is 2.16. The monoisotopic (exact) mass is 348 g/mol. The molecule has 1 aromatic rings. The third-order valence-corrected chi connectivity index (χ3v) is 2.97. The summed E-state index contributed by atoms with van der Waals surface area (Å²) in [5.41, 5.74) is 1.12. The molecular weight excluding hydrogens is 335 g/mol. The fraction of sp³-hybridized carbons (Fsp3) is 0.364. The molecule has 0 spiro atoms. The number of alkyl halides is 1. The predicted octanol–water partition coefficient (Wildman–Crippen LogP) is 1.10. The summed E-state index contributed by atoms with van der Waals surface area (Å²) >= 11 is 1.92. The predicted molar refractivity (Wildman–Crippen MR) is 71.1 cm³/mol. The van der Waals surface area contributed by atoms with Gasteiger partial charge in [0.05, 0.1) is 7.11 Å². The first-order chi connectivity index (χ1) is 8.04. The van der Waals surface area contributed by atoms with Crippen molar-refractivity contribution in [2.75, 3.05) is 13.7 Å². The maximum Gasteiger partial charge on any atom is 0.320 e. The highest BCUT2D eigenvalue weighted by Crippen LogP contribution is 2.02. The van der Waals surface area contributed by atoms with Crippen LogP contribution in [0.3, 0.4) is 0 Å². The summed E-state index contributed by atoms with van der Waals surface area (Å²) < 4.78 is 4.16. The normalized spacial score (nSPS) is 11.7. The minimum absolute atomic E-state index is 0.224. The Bertz CT molecular complexity index is 423. The molecule has 1 rings (SSSR count). The van der Waals surface area contributed by atoms with Gasteiger partial charge in [0.15, 0.2) is 0 Å². The zero-order valence-corrected chi connectivity index (χ0v) is 11.7. The largest absolute Gasteiger partial charge is 0.468 e. The van der Waals surface area contributed by atoms with Crippen LogP contribution in [0.1, 0.15) is 16.2 Å². The van der Waals surface area contributed by atoms with E-state index in [-0.39, 0.29) is 18.4 Å². The molecule has 92 valence electrons. The number of carbonyl (C=O) groups is 2. The molecule has 1 aromatic heterocycles. The van der Waals surface area contributed by atoms with E-state index in [1.54, 1.807) is 12.1 Å². The van der Waals surface area contributed by atoms with Gasteiger partial charge in [0.2, 0.25) is 0 Å². The SMILES string of the molecule is COC(=O)C(I)CNC(=O)c1cccc(C)n1. The Balaban J connectivity index is 2.53. The van der Waals surface area contributed by atoms with E-state index >= 15 is 0 Å². The smallest absolute Gasteiger partial charge is 0.320 e. The second-order valence-electron chi connectivity index (χ2n) is 3.36. The Morgan fingerprint density at radius 3 is 2.82 bits per heavy atom. The Kier molecular flexibility index (Phi) is 5.33. The van der Waals surface area contributed by atoms with Gasteiger partial charge in [-0.1, -0.05) is 28.7 Å². The maximum atomic E-state index is 11.7. The number of halogens is 1. The second kappa shape index (κ2) is 6.53. The van der Waals surface area contributed by atoms with Crippen molar-refractivity contribution in [3.63, 3.8) is 0 Å². The lowest BCUT2D eigenvalue weighted by Gasteiger charge is -2.09. The molecule has 1 heterocycles. The number of pyridine rings is 1. The van der Waals surface area contributed by atoms with Crippen LogP contribution >= 0.6 is 22.6 Å². The molecular formula is C11H13IN2O3. The fourth-order valence-electron chi connectivity index (χ4n) is 1.15. The van der Waals surface area contributed by atoms with Crippen LogP contribution in [-0.2, 0) is 9.53 Å². The van der Waals surface area contributed by atoms with Crippen molar-refractivity contribution in [3.8, 4) is 0 Å². The summed E-state index contributed by atoms with van der Waals surface area (Å²) in [6, 6.07) is 5.20. The van der Waals surface area contributed by atoms with Crippen LogP contribution in [-0.4, -0.2) is 34.4 Å². The Labute approximate surface area is 113 Å². The summed E-state index contributed by atoms with van der Waals surface area (Å²) in [5, 5.41) is 2.63. The summed E-state index contributed by atoms with van der Waals surface area (Å²) in [7, 11) is 1.32. The summed E-state index contributed by atoms with van der Waals surface area (Å²) in [4.78, 5) is 26.9. The molecule has 1 unspecified atom stereocenters. The highest BCUT2D eigenvalue weighted by atomic mass is 127. The first-order valence-electron chi connectivity index (χ1n) is 4.98. The number of nitrogens with one attached hydrogen (secondary N) is 1. The van der Waals surface area contributed by atoms with E-state index in [1.165, 1.54) is 7.11 Å². The molecule has 0 aromatic carbocycles. The van der Waals surface area contributed by atoms with E-state index < -0.39 is 3.92 Å². The van der Waals surface area contributed by atoms with E-state index in [0.717, 1.165) is 5.69 Å². The minimum Gasteiger partial charge on any atom is -0.468 e. The maximum absolute atomic E-state index is 11.7. The van der Waals surface area contributed by atoms with Gasteiger partial charge in [-0.2, -0.15) is 0 Å². The Morgan fingerprint density at radius 2 is 2.24 bits per heavy atom. The van der Waals surface area contributed by atoms with Gasteiger partial charge in [0.25, 0.3) is 5.91 Å². The third-order valence-electron chi connectivity index (χ3n) is 2.02. The van der Waals surface area contributed by atoms with Gasteiger partial charge in [-0.3, -0.25) is 9.59 Å². The van der Waals surface area contributed by atoms with Gasteiger partial charge in [0.1, 0.15) is 9.62 Å². The number of carbonyl (C=O) groups excluding carboxylic acids is 2. The highest BCUT2D eigenvalue weighted by molar-refractivity contribution is 14.1. The van der Waals surface area contributed by atoms with Gasteiger partial charge in [-0.05, 0) is 19.1 Å². The summed E-state index contributed by atoms with van der Waals surface area (Å²) in [6.07, 6.45) is 0. The van der Waals surface area contributed by atoms with Crippen molar-refractivity contribution < 1.29 is 14.3 Å². The zero-order valence-electron chi connectivity index (χ0n) is 9.57. The molecule has 0 radical (unpaired) electrons. The Hall–Kier alpha value is -1.18. The van der Waals surface area contributed by atoms with Crippen LogP contribution in [0.4, 0.5) is 0 Å². The van der Waals surface area contributed by atoms with E-state index in [1.807, 2.05) is 35.6 Å². The molecule has 0 saturated heterocycles. The number of ether oxygens (including phenoxy) is 1. The number of aryl methyl sites for hydroxylation is 1. The number of methoxy groups -OCH3 is 1. The van der Waals surface area contributed by atoms with Crippen LogP contribution in [0.15, 0.2) is 18.2 Å². The fourth-order valence-corrected chi connectivity index (χ4v) is 1.63. The topological polar surface area (TPSA) is 68.3 Å². The van der Waals surface area contributed by atoms with E-state index in [9.17, 15) is 9.59 Å². The molecule has 0 aliphatic heterocycles. The Morgan fingerprint density at radius 1 is 1.53 bits per heavy atom. The standard InChI is InChI=1S/C11H13IN2O3/c1-7-4-3-5-9(14-7)10(15)13-6-8(12)11(16)17-2/h3-5,8H,6H2,1-2H3,(H,13,15). The van der Waals surface area contributed by atoms with Crippen molar-refractivity contribution in [1.29, 1.82) is 0 Å². The van der Waals surface area contributed by atoms with Crippen LogP contribution in [0.5, 0.6) is 0 Å². The minimum atomic E-state index is -0.397. The van der Waals surface area contributed by atoms with Gasteiger partial charge in [-0.15, -0.1) is 0 Å². The molecule has 0 bridgehead atoms. The number of rotatable bonds is 4. The van der Waals surface area contributed by atoms with Crippen molar-refractivity contribution in [2.45, 2.75) is 10.8 Å². The lowest BCUT2D eigenvalue weighted by molar-refractivity contribution is -0.139. The van der Waals surface area contributed by atoms with Crippen molar-refractivity contribution >= 4 is 34.5 Å². The van der Waals surface area contributed by atoms with Gasteiger partial charge >= 0.3 is 5.97 Å². The van der Waals surface area contributed by atoms with Crippen LogP contribution in [0, 0.1) is 6.92 Å². The number of amides is 1. The summed E-state index contributed by atoms with van der Waals surface area (Å²) in [5.74, 6) is -0.651. The van der Waals surface area contributed by atoms with E-state index in [2.05, 4.69) is 15.0 Å². The molecule has 0 aliphatic carbocycles. The number of hydrogen-bond donors (Lipinski definition) is 1. The third kappa shape index (κ3) is 4.29. The van der Waals surface area contributed by atoms with Crippen molar-refractivity contribution in [2.24, 2.45) is 0 Å².